The highest BCUT2D eigenvalue weighted by Crippen LogP contribution is 2.34. The van der Waals surface area contributed by atoms with Gasteiger partial charge in [-0.25, -0.2) is 4.98 Å². The van der Waals surface area contributed by atoms with E-state index in [1.54, 1.807) is 18.2 Å². The first-order valence-corrected chi connectivity index (χ1v) is 11.8. The Morgan fingerprint density at radius 1 is 1.15 bits per heavy atom. The van der Waals surface area contributed by atoms with Gasteiger partial charge in [0.25, 0.3) is 0 Å². The molecule has 2 aliphatic rings. The highest BCUT2D eigenvalue weighted by atomic mass is 35.5. The standard InChI is InChI=1S/C24H23Cl2N5O2/c25-19-11-21-22(12-20(19)26)31(18-3-1-2-15(10-18)13-27)24(29-21)30-7-4-16(5-8-30)23(32)28-17-6-9-33-14-17/h1-3,10-12,16-17H,4-9,14H2,(H,28,32)/t17-/m1/s1. The van der Waals surface area contributed by atoms with Gasteiger partial charge in [-0.1, -0.05) is 29.3 Å². The number of halogens is 2. The Morgan fingerprint density at radius 2 is 1.94 bits per heavy atom. The number of carbonyl (C=O) groups is 1. The molecule has 3 aromatic rings. The molecule has 2 aliphatic heterocycles. The van der Waals surface area contributed by atoms with E-state index < -0.39 is 0 Å². The first kappa shape index (κ1) is 22.0. The van der Waals surface area contributed by atoms with Gasteiger partial charge in [0.15, 0.2) is 0 Å². The van der Waals surface area contributed by atoms with Gasteiger partial charge in [0, 0.05) is 25.6 Å². The van der Waals surface area contributed by atoms with Crippen LogP contribution in [0.15, 0.2) is 36.4 Å². The predicted octanol–water partition coefficient (Wildman–Crippen LogP) is 4.33. The van der Waals surface area contributed by atoms with Crippen LogP contribution < -0.4 is 10.2 Å². The Balaban J connectivity index is 1.44. The van der Waals surface area contributed by atoms with E-state index in [1.807, 2.05) is 22.8 Å². The topological polar surface area (TPSA) is 83.2 Å². The van der Waals surface area contributed by atoms with Crippen LogP contribution in [0.2, 0.25) is 10.0 Å². The molecule has 1 aromatic heterocycles. The van der Waals surface area contributed by atoms with Gasteiger partial charge in [-0.2, -0.15) is 5.26 Å². The summed E-state index contributed by atoms with van der Waals surface area (Å²) in [7, 11) is 0. The maximum Gasteiger partial charge on any atom is 0.223 e. The number of nitrogens with one attached hydrogen (secondary N) is 1. The number of fused-ring (bicyclic) bond motifs is 1. The Morgan fingerprint density at radius 3 is 2.67 bits per heavy atom. The monoisotopic (exact) mass is 483 g/mol. The third-order valence-electron chi connectivity index (χ3n) is 6.34. The van der Waals surface area contributed by atoms with Crippen molar-refractivity contribution in [2.45, 2.75) is 25.3 Å². The molecule has 0 aliphatic carbocycles. The van der Waals surface area contributed by atoms with Crippen molar-refractivity contribution in [2.75, 3.05) is 31.2 Å². The minimum absolute atomic E-state index is 0.0227. The number of imidazole rings is 1. The first-order valence-electron chi connectivity index (χ1n) is 11.0. The molecule has 1 amide bonds. The van der Waals surface area contributed by atoms with E-state index in [2.05, 4.69) is 16.3 Å². The molecule has 0 spiro atoms. The molecule has 0 radical (unpaired) electrons. The van der Waals surface area contributed by atoms with E-state index in [0.29, 0.717) is 41.9 Å². The summed E-state index contributed by atoms with van der Waals surface area (Å²) in [5, 5.41) is 13.4. The third-order valence-corrected chi connectivity index (χ3v) is 7.06. The summed E-state index contributed by atoms with van der Waals surface area (Å²) < 4.78 is 7.37. The van der Waals surface area contributed by atoms with Crippen LogP contribution in [0.5, 0.6) is 0 Å². The number of carbonyl (C=O) groups excluding carboxylic acids is 1. The number of rotatable bonds is 4. The van der Waals surface area contributed by atoms with Gasteiger partial charge in [-0.15, -0.1) is 0 Å². The zero-order chi connectivity index (χ0) is 22.9. The molecule has 1 atom stereocenters. The van der Waals surface area contributed by atoms with Crippen LogP contribution in [-0.2, 0) is 9.53 Å². The van der Waals surface area contributed by atoms with Gasteiger partial charge in [0.1, 0.15) is 0 Å². The van der Waals surface area contributed by atoms with Crippen molar-refractivity contribution in [3.05, 3.63) is 52.0 Å². The summed E-state index contributed by atoms with van der Waals surface area (Å²) in [6.45, 7) is 2.70. The smallest absolute Gasteiger partial charge is 0.223 e. The first-order chi connectivity index (χ1) is 16.0. The van der Waals surface area contributed by atoms with E-state index >= 15 is 0 Å². The van der Waals surface area contributed by atoms with Gasteiger partial charge in [-0.3, -0.25) is 9.36 Å². The molecule has 3 heterocycles. The summed E-state index contributed by atoms with van der Waals surface area (Å²) in [6, 6.07) is 13.3. The molecule has 0 unspecified atom stereocenters. The van der Waals surface area contributed by atoms with Gasteiger partial charge in [-0.05, 0) is 49.6 Å². The molecular formula is C24H23Cl2N5O2. The summed E-state index contributed by atoms with van der Waals surface area (Å²) in [6.07, 6.45) is 2.35. The fourth-order valence-corrected chi connectivity index (χ4v) is 4.87. The molecule has 0 saturated carbocycles. The van der Waals surface area contributed by atoms with E-state index in [0.717, 1.165) is 41.9 Å². The van der Waals surface area contributed by atoms with Crippen LogP contribution in [0, 0.1) is 17.2 Å². The van der Waals surface area contributed by atoms with Crippen LogP contribution in [0.1, 0.15) is 24.8 Å². The van der Waals surface area contributed by atoms with Crippen molar-refractivity contribution in [3.63, 3.8) is 0 Å². The van der Waals surface area contributed by atoms with E-state index in [9.17, 15) is 10.1 Å². The lowest BCUT2D eigenvalue weighted by atomic mass is 9.95. The van der Waals surface area contributed by atoms with Crippen molar-refractivity contribution in [2.24, 2.45) is 5.92 Å². The van der Waals surface area contributed by atoms with Crippen LogP contribution in [0.3, 0.4) is 0 Å². The number of hydrogen-bond acceptors (Lipinski definition) is 5. The normalized spacial score (nSPS) is 19.1. The molecule has 170 valence electrons. The SMILES string of the molecule is N#Cc1cccc(-n2c(N3CCC(C(=O)N[C@@H]4CCOC4)CC3)nc3cc(Cl)c(Cl)cc32)c1. The summed E-state index contributed by atoms with van der Waals surface area (Å²) in [5.41, 5.74) is 2.93. The fourth-order valence-electron chi connectivity index (χ4n) is 4.55. The highest BCUT2D eigenvalue weighted by molar-refractivity contribution is 6.42. The van der Waals surface area contributed by atoms with Crippen LogP contribution in [0.4, 0.5) is 5.95 Å². The molecule has 7 nitrogen and oxygen atoms in total. The zero-order valence-electron chi connectivity index (χ0n) is 17.9. The van der Waals surface area contributed by atoms with Crippen molar-refractivity contribution in [3.8, 4) is 11.8 Å². The molecule has 1 N–H and O–H groups in total. The lowest BCUT2D eigenvalue weighted by molar-refractivity contribution is -0.126. The predicted molar refractivity (Wildman–Crippen MR) is 128 cm³/mol. The number of nitrogens with zero attached hydrogens (tertiary/aromatic N) is 4. The van der Waals surface area contributed by atoms with Gasteiger partial charge in [0.2, 0.25) is 11.9 Å². The lowest BCUT2D eigenvalue weighted by Crippen LogP contribution is -2.44. The molecular weight excluding hydrogens is 461 g/mol. The molecule has 33 heavy (non-hydrogen) atoms. The number of aromatic nitrogens is 2. The summed E-state index contributed by atoms with van der Waals surface area (Å²) >= 11 is 12.6. The Hall–Kier alpha value is -2.79. The summed E-state index contributed by atoms with van der Waals surface area (Å²) in [5.74, 6) is 0.839. The largest absolute Gasteiger partial charge is 0.379 e. The van der Waals surface area contributed by atoms with E-state index in [4.69, 9.17) is 32.9 Å². The van der Waals surface area contributed by atoms with E-state index in [1.165, 1.54) is 0 Å². The second kappa shape index (κ2) is 9.22. The average Bonchev–Trinajstić information content (AvgIpc) is 3.47. The van der Waals surface area contributed by atoms with Crippen molar-refractivity contribution < 1.29 is 9.53 Å². The Kier molecular flexibility index (Phi) is 6.15. The highest BCUT2D eigenvalue weighted by Gasteiger charge is 2.30. The number of piperidine rings is 1. The molecule has 5 rings (SSSR count). The molecule has 2 aromatic carbocycles. The van der Waals surface area contributed by atoms with Crippen LogP contribution >= 0.6 is 23.2 Å². The maximum atomic E-state index is 12.7. The number of ether oxygens (including phenoxy) is 1. The second-order valence-corrected chi connectivity index (χ2v) is 9.31. The van der Waals surface area contributed by atoms with Gasteiger partial charge >= 0.3 is 0 Å². The Labute approximate surface area is 201 Å². The zero-order valence-corrected chi connectivity index (χ0v) is 19.4. The van der Waals surface area contributed by atoms with Crippen molar-refractivity contribution >= 4 is 46.1 Å². The Bertz CT molecular complexity index is 1240. The number of amides is 1. The minimum Gasteiger partial charge on any atom is -0.379 e. The quantitative estimate of drug-likeness (QED) is 0.596. The molecule has 2 fully saturated rings. The fraction of sp³-hybridized carbons (Fsp3) is 0.375. The molecule has 2 saturated heterocycles. The number of hydrogen-bond donors (Lipinski definition) is 1. The number of nitriles is 1. The lowest BCUT2D eigenvalue weighted by Gasteiger charge is -2.32. The van der Waals surface area contributed by atoms with Crippen molar-refractivity contribution in [1.82, 2.24) is 14.9 Å². The second-order valence-electron chi connectivity index (χ2n) is 8.49. The molecule has 0 bridgehead atoms. The average molecular weight is 484 g/mol. The third kappa shape index (κ3) is 4.39. The minimum atomic E-state index is -0.0227. The maximum absolute atomic E-state index is 12.7. The summed E-state index contributed by atoms with van der Waals surface area (Å²) in [4.78, 5) is 19.8. The van der Waals surface area contributed by atoms with E-state index in [-0.39, 0.29) is 17.9 Å². The van der Waals surface area contributed by atoms with Crippen LogP contribution in [0.25, 0.3) is 16.7 Å². The van der Waals surface area contributed by atoms with Gasteiger partial charge in [0.05, 0.1) is 51.0 Å². The number of benzene rings is 2. The van der Waals surface area contributed by atoms with Crippen LogP contribution in [-0.4, -0.2) is 47.8 Å². The number of anilines is 1. The van der Waals surface area contributed by atoms with Gasteiger partial charge < -0.3 is 15.0 Å². The van der Waals surface area contributed by atoms with Crippen molar-refractivity contribution in [1.29, 1.82) is 5.26 Å². The molecule has 9 heteroatoms.